The van der Waals surface area contributed by atoms with Crippen molar-refractivity contribution in [3.63, 3.8) is 0 Å². The van der Waals surface area contributed by atoms with Gasteiger partial charge in [-0.1, -0.05) is 27.7 Å². The summed E-state index contributed by atoms with van der Waals surface area (Å²) in [6.45, 7) is 12.8. The molecule has 2 atom stereocenters. The highest BCUT2D eigenvalue weighted by Gasteiger charge is 2.49. The average molecular weight is 298 g/mol. The number of amides is 2. The summed E-state index contributed by atoms with van der Waals surface area (Å²) in [4.78, 5) is 27.2. The third kappa shape index (κ3) is 3.57. The zero-order valence-electron chi connectivity index (χ0n) is 14.2. The molecule has 21 heavy (non-hydrogen) atoms. The lowest BCUT2D eigenvalue weighted by Crippen LogP contribution is -2.71. The predicted octanol–water partition coefficient (Wildman–Crippen LogP) is 1.95. The smallest absolute Gasteiger partial charge is 0.249 e. The summed E-state index contributed by atoms with van der Waals surface area (Å²) >= 11 is 0. The molecule has 2 unspecified atom stereocenters. The zero-order valence-corrected chi connectivity index (χ0v) is 14.2. The first-order valence-corrected chi connectivity index (χ1v) is 8.07. The van der Waals surface area contributed by atoms with Crippen molar-refractivity contribution in [2.45, 2.75) is 72.1 Å². The summed E-state index contributed by atoms with van der Waals surface area (Å²) in [6, 6.07) is -0.411. The molecule has 1 saturated heterocycles. The molecule has 1 aliphatic heterocycles. The van der Waals surface area contributed by atoms with Crippen LogP contribution in [0.3, 0.4) is 0 Å². The summed E-state index contributed by atoms with van der Waals surface area (Å²) in [6.07, 6.45) is 1.15. The Bertz CT molecular complexity index is 378. The van der Waals surface area contributed by atoms with Crippen molar-refractivity contribution in [2.24, 2.45) is 5.92 Å². The number of rotatable bonds is 7. The molecule has 2 amide bonds. The first-order valence-electron chi connectivity index (χ1n) is 8.07. The number of piperazine rings is 1. The predicted molar refractivity (Wildman–Crippen MR) is 82.9 cm³/mol. The molecule has 0 aliphatic carbocycles. The van der Waals surface area contributed by atoms with Crippen molar-refractivity contribution in [1.82, 2.24) is 10.2 Å². The lowest BCUT2D eigenvalue weighted by molar-refractivity contribution is -0.159. The van der Waals surface area contributed by atoms with Gasteiger partial charge in [-0.2, -0.15) is 0 Å². The van der Waals surface area contributed by atoms with E-state index in [4.69, 9.17) is 4.74 Å². The normalized spacial score (nSPS) is 23.4. The molecular formula is C16H30N2O3. The Hall–Kier alpha value is -1.10. The van der Waals surface area contributed by atoms with Gasteiger partial charge in [0.1, 0.15) is 11.6 Å². The van der Waals surface area contributed by atoms with Gasteiger partial charge in [0.15, 0.2) is 0 Å². The van der Waals surface area contributed by atoms with Gasteiger partial charge < -0.3 is 15.0 Å². The fourth-order valence-corrected chi connectivity index (χ4v) is 3.11. The fraction of sp³-hybridized carbons (Fsp3) is 0.875. The largest absolute Gasteiger partial charge is 0.377 e. The number of nitrogens with zero attached hydrogens (tertiary/aromatic N) is 1. The summed E-state index contributed by atoms with van der Waals surface area (Å²) in [7, 11) is 0. The molecule has 0 aromatic carbocycles. The second-order valence-corrected chi connectivity index (χ2v) is 6.19. The topological polar surface area (TPSA) is 58.6 Å². The van der Waals surface area contributed by atoms with Gasteiger partial charge >= 0.3 is 0 Å². The van der Waals surface area contributed by atoms with Gasteiger partial charge in [0.2, 0.25) is 11.8 Å². The number of carbonyl (C=O) groups is 2. The highest BCUT2D eigenvalue weighted by Crippen LogP contribution is 2.28. The molecule has 0 aromatic rings. The Morgan fingerprint density at radius 2 is 1.76 bits per heavy atom. The van der Waals surface area contributed by atoms with Crippen LogP contribution >= 0.6 is 0 Å². The first kappa shape index (κ1) is 18.0. The Morgan fingerprint density at radius 3 is 2.19 bits per heavy atom. The molecule has 0 saturated carbocycles. The first-order chi connectivity index (χ1) is 9.82. The number of ether oxygens (including phenoxy) is 1. The van der Waals surface area contributed by atoms with Gasteiger partial charge in [-0.25, -0.2) is 0 Å². The molecule has 0 radical (unpaired) electrons. The van der Waals surface area contributed by atoms with Crippen molar-refractivity contribution in [3.05, 3.63) is 0 Å². The van der Waals surface area contributed by atoms with Crippen LogP contribution in [0.2, 0.25) is 0 Å². The minimum Gasteiger partial charge on any atom is -0.377 e. The molecule has 1 fully saturated rings. The Balaban J connectivity index is 3.09. The van der Waals surface area contributed by atoms with E-state index >= 15 is 0 Å². The summed E-state index contributed by atoms with van der Waals surface area (Å²) in [5.74, 6) is 0.0591. The van der Waals surface area contributed by atoms with Gasteiger partial charge in [0, 0.05) is 13.2 Å². The third-order valence-electron chi connectivity index (χ3n) is 4.38. The molecule has 0 aromatic heterocycles. The third-order valence-corrected chi connectivity index (χ3v) is 4.38. The quantitative estimate of drug-likeness (QED) is 0.781. The van der Waals surface area contributed by atoms with Crippen LogP contribution < -0.4 is 5.32 Å². The van der Waals surface area contributed by atoms with Crippen molar-refractivity contribution < 1.29 is 14.3 Å². The van der Waals surface area contributed by atoms with Crippen LogP contribution in [-0.4, -0.2) is 47.6 Å². The molecule has 122 valence electrons. The molecule has 1 N–H and O–H groups in total. The van der Waals surface area contributed by atoms with E-state index in [0.717, 1.165) is 0 Å². The summed E-state index contributed by atoms with van der Waals surface area (Å²) in [5, 5.41) is 2.97. The minimum absolute atomic E-state index is 0.0253. The van der Waals surface area contributed by atoms with E-state index in [1.165, 1.54) is 0 Å². The number of carbonyl (C=O) groups excluding carboxylic acids is 2. The molecule has 0 bridgehead atoms. The van der Waals surface area contributed by atoms with Gasteiger partial charge in [-0.05, 0) is 32.6 Å². The van der Waals surface area contributed by atoms with E-state index in [2.05, 4.69) is 5.32 Å². The number of nitrogens with one attached hydrogen (secondary N) is 1. The second kappa shape index (κ2) is 7.25. The van der Waals surface area contributed by atoms with E-state index < -0.39 is 11.6 Å². The SMILES string of the molecule is CCOC(C)CN1C(=O)C(CC)(CC)NC(=O)C1C(C)C. The van der Waals surface area contributed by atoms with Crippen LogP contribution in [0.1, 0.15) is 54.4 Å². The maximum absolute atomic E-state index is 13.0. The maximum atomic E-state index is 13.0. The van der Waals surface area contributed by atoms with E-state index in [1.54, 1.807) is 4.90 Å². The van der Waals surface area contributed by atoms with Crippen molar-refractivity contribution in [1.29, 1.82) is 0 Å². The van der Waals surface area contributed by atoms with Crippen molar-refractivity contribution >= 4 is 11.8 Å². The van der Waals surface area contributed by atoms with Gasteiger partial charge in [-0.15, -0.1) is 0 Å². The lowest BCUT2D eigenvalue weighted by Gasteiger charge is -2.47. The van der Waals surface area contributed by atoms with E-state index in [9.17, 15) is 9.59 Å². The van der Waals surface area contributed by atoms with Crippen LogP contribution in [0.5, 0.6) is 0 Å². The molecule has 1 heterocycles. The fourth-order valence-electron chi connectivity index (χ4n) is 3.11. The molecule has 1 rings (SSSR count). The van der Waals surface area contributed by atoms with E-state index in [1.807, 2.05) is 41.5 Å². The van der Waals surface area contributed by atoms with E-state index in [-0.39, 0.29) is 23.8 Å². The van der Waals surface area contributed by atoms with Crippen molar-refractivity contribution in [3.8, 4) is 0 Å². The zero-order chi connectivity index (χ0) is 16.2. The van der Waals surface area contributed by atoms with E-state index in [0.29, 0.717) is 26.0 Å². The maximum Gasteiger partial charge on any atom is 0.249 e. The standard InChI is InChI=1S/C16H30N2O3/c1-7-16(8-2)15(20)18(10-12(6)21-9-3)13(11(4)5)14(19)17-16/h11-13H,7-10H2,1-6H3,(H,17,19). The lowest BCUT2D eigenvalue weighted by atomic mass is 9.84. The van der Waals surface area contributed by atoms with Gasteiger partial charge in [0.05, 0.1) is 6.10 Å². The highest BCUT2D eigenvalue weighted by molar-refractivity contribution is 6.00. The minimum atomic E-state index is -0.756. The van der Waals surface area contributed by atoms with Crippen LogP contribution in [-0.2, 0) is 14.3 Å². The van der Waals surface area contributed by atoms with Crippen LogP contribution in [0.25, 0.3) is 0 Å². The molecular weight excluding hydrogens is 268 g/mol. The Labute approximate surface area is 128 Å². The summed E-state index contributed by atoms with van der Waals surface area (Å²) < 4.78 is 5.57. The van der Waals surface area contributed by atoms with Gasteiger partial charge in [0.25, 0.3) is 0 Å². The second-order valence-electron chi connectivity index (χ2n) is 6.19. The number of hydrogen-bond donors (Lipinski definition) is 1. The number of hydrogen-bond acceptors (Lipinski definition) is 3. The Kier molecular flexibility index (Phi) is 6.20. The molecule has 5 nitrogen and oxygen atoms in total. The Morgan fingerprint density at radius 1 is 1.19 bits per heavy atom. The average Bonchev–Trinajstić information content (AvgIpc) is 2.42. The highest BCUT2D eigenvalue weighted by atomic mass is 16.5. The molecule has 1 aliphatic rings. The van der Waals surface area contributed by atoms with Gasteiger partial charge in [-0.3, -0.25) is 9.59 Å². The molecule has 5 heteroatoms. The van der Waals surface area contributed by atoms with Crippen molar-refractivity contribution in [2.75, 3.05) is 13.2 Å². The summed E-state index contributed by atoms with van der Waals surface area (Å²) in [5.41, 5.74) is -0.756. The monoisotopic (exact) mass is 298 g/mol. The molecule has 0 spiro atoms. The van der Waals surface area contributed by atoms with Crippen LogP contribution in [0.4, 0.5) is 0 Å². The van der Waals surface area contributed by atoms with Crippen LogP contribution in [0, 0.1) is 5.92 Å². The van der Waals surface area contributed by atoms with Crippen LogP contribution in [0.15, 0.2) is 0 Å².